The van der Waals surface area contributed by atoms with Crippen molar-refractivity contribution in [1.82, 2.24) is 5.32 Å². The van der Waals surface area contributed by atoms with Gasteiger partial charge in [0, 0.05) is 21.9 Å². The highest BCUT2D eigenvalue weighted by atomic mass is 79.9. The van der Waals surface area contributed by atoms with Crippen LogP contribution >= 0.6 is 38.9 Å². The van der Waals surface area contributed by atoms with E-state index in [4.69, 9.17) is 21.1 Å². The van der Waals surface area contributed by atoms with Crippen LogP contribution in [0.15, 0.2) is 28.7 Å². The first-order valence-electron chi connectivity index (χ1n) is 6.70. The fourth-order valence-electron chi connectivity index (χ4n) is 2.18. The lowest BCUT2D eigenvalue weighted by atomic mass is 10.1. The molecule has 0 fully saturated rings. The lowest BCUT2D eigenvalue weighted by Crippen LogP contribution is -2.19. The van der Waals surface area contributed by atoms with Gasteiger partial charge in [-0.25, -0.2) is 0 Å². The van der Waals surface area contributed by atoms with Crippen molar-refractivity contribution in [2.24, 2.45) is 0 Å². The summed E-state index contributed by atoms with van der Waals surface area (Å²) in [7, 11) is 0. The fraction of sp³-hybridized carbons (Fsp3) is 0.333. The minimum atomic E-state index is 0.223. The highest BCUT2D eigenvalue weighted by Gasteiger charge is 2.14. The Morgan fingerprint density at radius 2 is 2.05 bits per heavy atom. The fourth-order valence-corrected chi connectivity index (χ4v) is 3.92. The summed E-state index contributed by atoms with van der Waals surface area (Å²) in [6.07, 6.45) is 0. The second kappa shape index (κ2) is 6.57. The SMILES string of the molecule is CC(NCc1cc(Br)c(Cl)s1)c1ccc2c(c1)OCCO2. The average Bonchev–Trinajstić information content (AvgIpc) is 2.83. The largest absolute Gasteiger partial charge is 0.486 e. The van der Waals surface area contributed by atoms with Crippen molar-refractivity contribution in [2.45, 2.75) is 19.5 Å². The predicted octanol–water partition coefficient (Wildman–Crippen LogP) is 4.79. The van der Waals surface area contributed by atoms with Gasteiger partial charge in [-0.15, -0.1) is 11.3 Å². The molecule has 0 saturated carbocycles. The molecule has 3 rings (SSSR count). The van der Waals surface area contributed by atoms with Crippen LogP contribution in [-0.2, 0) is 6.54 Å². The summed E-state index contributed by atoms with van der Waals surface area (Å²) in [6.45, 7) is 4.15. The molecule has 1 atom stereocenters. The second-order valence-corrected chi connectivity index (χ2v) is 7.43. The summed E-state index contributed by atoms with van der Waals surface area (Å²) in [5, 5.41) is 3.50. The predicted molar refractivity (Wildman–Crippen MR) is 89.7 cm³/mol. The van der Waals surface area contributed by atoms with Gasteiger partial charge in [0.25, 0.3) is 0 Å². The van der Waals surface area contributed by atoms with Crippen molar-refractivity contribution in [3.63, 3.8) is 0 Å². The van der Waals surface area contributed by atoms with Gasteiger partial charge in [-0.1, -0.05) is 17.7 Å². The highest BCUT2D eigenvalue weighted by molar-refractivity contribution is 9.10. The molecule has 1 aromatic heterocycles. The van der Waals surface area contributed by atoms with Crippen molar-refractivity contribution in [3.05, 3.63) is 43.5 Å². The molecule has 0 bridgehead atoms. The molecular formula is C15H15BrClNO2S. The van der Waals surface area contributed by atoms with E-state index in [-0.39, 0.29) is 6.04 Å². The summed E-state index contributed by atoms with van der Waals surface area (Å²) in [5.41, 5.74) is 1.18. The lowest BCUT2D eigenvalue weighted by molar-refractivity contribution is 0.171. The first-order chi connectivity index (χ1) is 10.1. The molecule has 3 nitrogen and oxygen atoms in total. The van der Waals surface area contributed by atoms with E-state index < -0.39 is 0 Å². The Hall–Kier alpha value is -0.750. The van der Waals surface area contributed by atoms with Gasteiger partial charge in [0.2, 0.25) is 0 Å². The summed E-state index contributed by atoms with van der Waals surface area (Å²) >= 11 is 11.1. The molecule has 0 spiro atoms. The smallest absolute Gasteiger partial charge is 0.161 e. The molecule has 6 heteroatoms. The standard InChI is InChI=1S/C15H15BrClNO2S/c1-9(18-8-11-7-12(16)15(17)21-11)10-2-3-13-14(6-10)20-5-4-19-13/h2-3,6-7,9,18H,4-5,8H2,1H3. The number of benzene rings is 1. The summed E-state index contributed by atoms with van der Waals surface area (Å²) in [6, 6.07) is 8.36. The van der Waals surface area contributed by atoms with Gasteiger partial charge in [-0.3, -0.25) is 0 Å². The van der Waals surface area contributed by atoms with E-state index in [9.17, 15) is 0 Å². The molecule has 2 aromatic rings. The molecule has 1 aromatic carbocycles. The van der Waals surface area contributed by atoms with Crippen LogP contribution in [0.1, 0.15) is 23.4 Å². The Balaban J connectivity index is 1.66. The molecule has 0 saturated heterocycles. The highest BCUT2D eigenvalue weighted by Crippen LogP contribution is 2.34. The molecule has 1 aliphatic heterocycles. The van der Waals surface area contributed by atoms with Crippen LogP contribution in [0.5, 0.6) is 11.5 Å². The monoisotopic (exact) mass is 387 g/mol. The minimum Gasteiger partial charge on any atom is -0.486 e. The maximum atomic E-state index is 6.05. The number of rotatable bonds is 4. The van der Waals surface area contributed by atoms with Crippen molar-refractivity contribution in [2.75, 3.05) is 13.2 Å². The first kappa shape index (κ1) is 15.2. The molecular weight excluding hydrogens is 374 g/mol. The van der Waals surface area contributed by atoms with Crippen LogP contribution in [0.2, 0.25) is 4.34 Å². The van der Waals surface area contributed by atoms with Gasteiger partial charge in [-0.2, -0.15) is 0 Å². The van der Waals surface area contributed by atoms with Crippen LogP contribution < -0.4 is 14.8 Å². The number of halogens is 2. The maximum Gasteiger partial charge on any atom is 0.161 e. The van der Waals surface area contributed by atoms with Crippen LogP contribution in [0.3, 0.4) is 0 Å². The zero-order valence-electron chi connectivity index (χ0n) is 11.5. The van der Waals surface area contributed by atoms with Gasteiger partial charge in [0.1, 0.15) is 17.6 Å². The normalized spacial score (nSPS) is 15.0. The quantitative estimate of drug-likeness (QED) is 0.817. The number of hydrogen-bond donors (Lipinski definition) is 1. The van der Waals surface area contributed by atoms with Gasteiger partial charge < -0.3 is 14.8 Å². The number of thiophene rings is 1. The van der Waals surface area contributed by atoms with Crippen LogP contribution in [0.4, 0.5) is 0 Å². The van der Waals surface area contributed by atoms with Gasteiger partial charge in [0.05, 0.1) is 0 Å². The Morgan fingerprint density at radius 1 is 1.29 bits per heavy atom. The van der Waals surface area contributed by atoms with Gasteiger partial charge in [-0.05, 0) is 46.6 Å². The number of nitrogens with one attached hydrogen (secondary N) is 1. The van der Waals surface area contributed by atoms with E-state index in [1.165, 1.54) is 10.4 Å². The number of ether oxygens (including phenoxy) is 2. The topological polar surface area (TPSA) is 30.5 Å². The van der Waals surface area contributed by atoms with Crippen LogP contribution in [0, 0.1) is 0 Å². The van der Waals surface area contributed by atoms with Crippen molar-refractivity contribution in [1.29, 1.82) is 0 Å². The maximum absolute atomic E-state index is 6.05. The Kier molecular flexibility index (Phi) is 4.74. The number of hydrogen-bond acceptors (Lipinski definition) is 4. The van der Waals surface area contributed by atoms with Crippen molar-refractivity contribution < 1.29 is 9.47 Å². The Morgan fingerprint density at radius 3 is 2.76 bits per heavy atom. The van der Waals surface area contributed by atoms with E-state index >= 15 is 0 Å². The molecule has 1 N–H and O–H groups in total. The van der Waals surface area contributed by atoms with E-state index in [2.05, 4.69) is 40.3 Å². The number of fused-ring (bicyclic) bond motifs is 1. The van der Waals surface area contributed by atoms with Crippen LogP contribution in [0.25, 0.3) is 0 Å². The molecule has 0 radical (unpaired) electrons. The zero-order chi connectivity index (χ0) is 14.8. The van der Waals surface area contributed by atoms with Crippen molar-refractivity contribution in [3.8, 4) is 11.5 Å². The van der Waals surface area contributed by atoms with E-state index in [1.54, 1.807) is 11.3 Å². The van der Waals surface area contributed by atoms with E-state index in [0.29, 0.717) is 13.2 Å². The molecule has 2 heterocycles. The molecule has 21 heavy (non-hydrogen) atoms. The minimum absolute atomic E-state index is 0.223. The van der Waals surface area contributed by atoms with E-state index in [1.807, 2.05) is 12.1 Å². The first-order valence-corrected chi connectivity index (χ1v) is 8.69. The summed E-state index contributed by atoms with van der Waals surface area (Å²) < 4.78 is 12.9. The van der Waals surface area contributed by atoms with Gasteiger partial charge in [0.15, 0.2) is 11.5 Å². The third-order valence-electron chi connectivity index (χ3n) is 3.34. The Labute approximate surface area is 141 Å². The molecule has 1 unspecified atom stereocenters. The second-order valence-electron chi connectivity index (χ2n) is 4.84. The summed E-state index contributed by atoms with van der Waals surface area (Å²) in [4.78, 5) is 1.20. The van der Waals surface area contributed by atoms with Crippen LogP contribution in [-0.4, -0.2) is 13.2 Å². The third kappa shape index (κ3) is 3.54. The summed E-state index contributed by atoms with van der Waals surface area (Å²) in [5.74, 6) is 1.65. The lowest BCUT2D eigenvalue weighted by Gasteiger charge is -2.21. The van der Waals surface area contributed by atoms with Gasteiger partial charge >= 0.3 is 0 Å². The Bertz CT molecular complexity index is 627. The molecule has 0 aliphatic carbocycles. The third-order valence-corrected chi connectivity index (χ3v) is 5.82. The average molecular weight is 389 g/mol. The molecule has 112 valence electrons. The van der Waals surface area contributed by atoms with Crippen molar-refractivity contribution >= 4 is 38.9 Å². The molecule has 0 amide bonds. The molecule has 1 aliphatic rings. The van der Waals surface area contributed by atoms with E-state index in [0.717, 1.165) is 26.9 Å². The zero-order valence-corrected chi connectivity index (χ0v) is 14.6.